The van der Waals surface area contributed by atoms with Gasteiger partial charge in [0.1, 0.15) is 5.76 Å². The van der Waals surface area contributed by atoms with Crippen molar-refractivity contribution in [1.82, 2.24) is 4.98 Å². The summed E-state index contributed by atoms with van der Waals surface area (Å²) in [6.07, 6.45) is 10.6. The molecule has 4 nitrogen and oxygen atoms in total. The number of hydrogen-bond acceptors (Lipinski definition) is 3. The average Bonchev–Trinajstić information content (AvgIpc) is 3.57. The topological polar surface area (TPSA) is 65.5 Å². The number of aliphatic hydroxyl groups is 1. The van der Waals surface area contributed by atoms with E-state index in [0.29, 0.717) is 17.0 Å². The predicted molar refractivity (Wildman–Crippen MR) is 147 cm³/mol. The van der Waals surface area contributed by atoms with Gasteiger partial charge in [0.2, 0.25) is 5.78 Å². The molecule has 0 bridgehead atoms. The van der Waals surface area contributed by atoms with E-state index in [9.17, 15) is 9.90 Å². The molecule has 0 saturated carbocycles. The zero-order valence-corrected chi connectivity index (χ0v) is 21.0. The summed E-state index contributed by atoms with van der Waals surface area (Å²) in [5.74, 6) is -0.182. The van der Waals surface area contributed by atoms with Crippen LogP contribution in [-0.2, 0) is 17.6 Å². The summed E-state index contributed by atoms with van der Waals surface area (Å²) < 4.78 is 0. The van der Waals surface area contributed by atoms with E-state index in [4.69, 9.17) is 0 Å². The van der Waals surface area contributed by atoms with E-state index in [0.717, 1.165) is 35.4 Å². The number of H-pyrrole nitrogens is 1. The van der Waals surface area contributed by atoms with Crippen LogP contribution in [0, 0.1) is 0 Å². The molecule has 2 aromatic carbocycles. The summed E-state index contributed by atoms with van der Waals surface area (Å²) in [6.45, 7) is 4.39. The fourth-order valence-electron chi connectivity index (χ4n) is 4.72. The molecule has 1 aliphatic heterocycles. The highest BCUT2D eigenvalue weighted by Gasteiger charge is 2.38. The maximum Gasteiger partial charge on any atom is 0.204 e. The number of Topliss-reactive ketones (excluding diaryl/α,β-unsaturated/α-hetero) is 1. The Morgan fingerprint density at radius 2 is 1.31 bits per heavy atom. The second kappa shape index (κ2) is 10.4. The molecule has 5 rings (SSSR count). The van der Waals surface area contributed by atoms with E-state index in [-0.39, 0.29) is 17.1 Å². The lowest BCUT2D eigenvalue weighted by Crippen LogP contribution is -2.22. The Morgan fingerprint density at radius 3 is 1.89 bits per heavy atom. The average molecular weight is 477 g/mol. The number of nitrogens with zero attached hydrogens (tertiary/aromatic N) is 1. The molecule has 0 radical (unpaired) electrons. The van der Waals surface area contributed by atoms with Gasteiger partial charge in [-0.2, -0.15) is 0 Å². The van der Waals surface area contributed by atoms with Crippen LogP contribution in [0.3, 0.4) is 0 Å². The molecule has 0 spiro atoms. The van der Waals surface area contributed by atoms with Gasteiger partial charge >= 0.3 is 0 Å². The quantitative estimate of drug-likeness (QED) is 0.313. The molecule has 1 aromatic heterocycles. The molecule has 2 N–H and O–H groups in total. The fourth-order valence-corrected chi connectivity index (χ4v) is 4.72. The molecule has 2 aliphatic rings. The van der Waals surface area contributed by atoms with Crippen molar-refractivity contribution < 1.29 is 9.90 Å². The lowest BCUT2D eigenvalue weighted by Gasteiger charge is -2.21. The normalized spacial score (nSPS) is 17.1. The largest absolute Gasteiger partial charge is 0.506 e. The van der Waals surface area contributed by atoms with Crippen molar-refractivity contribution in [2.24, 2.45) is 4.99 Å². The van der Waals surface area contributed by atoms with Crippen LogP contribution in [0.2, 0.25) is 0 Å². The number of unbranched alkanes of at least 4 members (excludes halogenated alkanes) is 2. The van der Waals surface area contributed by atoms with Gasteiger partial charge in [0.15, 0.2) is 0 Å². The van der Waals surface area contributed by atoms with Crippen molar-refractivity contribution in [3.63, 3.8) is 0 Å². The van der Waals surface area contributed by atoms with Crippen LogP contribution in [-0.4, -0.2) is 21.6 Å². The van der Waals surface area contributed by atoms with E-state index in [2.05, 4.69) is 72.4 Å². The Morgan fingerprint density at radius 1 is 0.722 bits per heavy atom. The number of aromatic amines is 1. The first kappa shape index (κ1) is 23.8. The Hall–Kier alpha value is -3.92. The van der Waals surface area contributed by atoms with Crippen LogP contribution in [0.5, 0.6) is 0 Å². The number of hydrogen-bond donors (Lipinski definition) is 2. The van der Waals surface area contributed by atoms with Crippen molar-refractivity contribution >= 4 is 17.1 Å². The van der Waals surface area contributed by atoms with E-state index >= 15 is 0 Å². The van der Waals surface area contributed by atoms with Crippen LogP contribution in [0.25, 0.3) is 16.8 Å². The van der Waals surface area contributed by atoms with Crippen molar-refractivity contribution in [3.05, 3.63) is 112 Å². The second-order valence-corrected chi connectivity index (χ2v) is 9.53. The third kappa shape index (κ3) is 4.64. The van der Waals surface area contributed by atoms with Crippen molar-refractivity contribution in [2.45, 2.75) is 52.4 Å². The number of rotatable bonds is 9. The zero-order chi connectivity index (χ0) is 25.1. The summed E-state index contributed by atoms with van der Waals surface area (Å²) in [4.78, 5) is 21.0. The SMILES string of the molecule is CCCCc1ccc(C2=NC(=C3C(=O)C(c4ccc(-c5ccc(CCCC)cc5)[nH]4)=C3O)C=C2)cc1. The zero-order valence-electron chi connectivity index (χ0n) is 21.0. The molecule has 0 fully saturated rings. The summed E-state index contributed by atoms with van der Waals surface area (Å²) >= 11 is 0. The molecule has 182 valence electrons. The molecule has 0 unspecified atom stereocenters. The number of benzene rings is 2. The van der Waals surface area contributed by atoms with Gasteiger partial charge in [0.05, 0.1) is 28.2 Å². The predicted octanol–water partition coefficient (Wildman–Crippen LogP) is 7.53. The Kier molecular flexibility index (Phi) is 6.86. The number of aromatic nitrogens is 1. The van der Waals surface area contributed by atoms with Crippen LogP contribution < -0.4 is 0 Å². The minimum Gasteiger partial charge on any atom is -0.506 e. The number of allylic oxidation sites excluding steroid dienone is 4. The molecule has 0 saturated heterocycles. The minimum absolute atomic E-state index is 0.00266. The summed E-state index contributed by atoms with van der Waals surface area (Å²) in [5, 5.41) is 10.8. The lowest BCUT2D eigenvalue weighted by atomic mass is 9.85. The van der Waals surface area contributed by atoms with Crippen molar-refractivity contribution in [2.75, 3.05) is 0 Å². The first-order chi connectivity index (χ1) is 17.6. The van der Waals surface area contributed by atoms with Gasteiger partial charge in [-0.05, 0) is 66.7 Å². The molecule has 4 heteroatoms. The summed E-state index contributed by atoms with van der Waals surface area (Å²) in [7, 11) is 0. The number of nitrogens with one attached hydrogen (secondary N) is 1. The van der Waals surface area contributed by atoms with Gasteiger partial charge in [-0.15, -0.1) is 0 Å². The monoisotopic (exact) mass is 476 g/mol. The van der Waals surface area contributed by atoms with Gasteiger partial charge in [-0.1, -0.05) is 75.2 Å². The molecular formula is C32H32N2O2. The molecule has 36 heavy (non-hydrogen) atoms. The van der Waals surface area contributed by atoms with E-state index in [1.165, 1.54) is 36.8 Å². The van der Waals surface area contributed by atoms with E-state index < -0.39 is 0 Å². The fraction of sp³-hybridized carbons (Fsp3) is 0.250. The molecule has 0 atom stereocenters. The smallest absolute Gasteiger partial charge is 0.204 e. The Labute approximate surface area is 212 Å². The number of carbonyl (C=O) groups is 1. The van der Waals surface area contributed by atoms with Crippen LogP contribution in [0.1, 0.15) is 61.9 Å². The standard InChI is InChI=1S/C32H32N2O2/c1-3-5-7-21-9-13-23(14-10-21)25-17-19-27(33-25)29-31(35)30(32(29)36)28-20-18-26(34-28)24-15-11-22(12-16-24)8-6-4-2/h9-20,33,35H,3-8H2,1-2H3. The maximum atomic E-state index is 13.0. The van der Waals surface area contributed by atoms with Crippen molar-refractivity contribution in [3.8, 4) is 11.3 Å². The molecule has 0 amide bonds. The van der Waals surface area contributed by atoms with Gasteiger partial charge in [0, 0.05) is 11.3 Å². The lowest BCUT2D eigenvalue weighted by molar-refractivity contribution is -0.111. The van der Waals surface area contributed by atoms with Crippen LogP contribution >= 0.6 is 0 Å². The van der Waals surface area contributed by atoms with Crippen LogP contribution in [0.15, 0.2) is 94.8 Å². The highest BCUT2D eigenvalue weighted by atomic mass is 16.3. The minimum atomic E-state index is -0.185. The van der Waals surface area contributed by atoms with E-state index in [1.807, 2.05) is 18.2 Å². The molecule has 2 heterocycles. The van der Waals surface area contributed by atoms with E-state index in [1.54, 1.807) is 6.08 Å². The molecule has 3 aromatic rings. The molecular weight excluding hydrogens is 444 g/mol. The number of aryl methyl sites for hydroxylation is 2. The number of carbonyl (C=O) groups excluding carboxylic acids is 1. The highest BCUT2D eigenvalue weighted by Crippen LogP contribution is 2.39. The third-order valence-corrected chi connectivity index (χ3v) is 6.93. The van der Waals surface area contributed by atoms with Gasteiger partial charge < -0.3 is 10.1 Å². The summed E-state index contributed by atoms with van der Waals surface area (Å²) in [6, 6.07) is 20.7. The number of ketones is 1. The second-order valence-electron chi connectivity index (χ2n) is 9.53. The Balaban J connectivity index is 1.34. The first-order valence-corrected chi connectivity index (χ1v) is 13.0. The maximum absolute atomic E-state index is 13.0. The number of aliphatic imine (C=N–C) groups is 1. The summed E-state index contributed by atoms with van der Waals surface area (Å²) in [5.41, 5.74) is 8.18. The highest BCUT2D eigenvalue weighted by molar-refractivity contribution is 6.39. The van der Waals surface area contributed by atoms with Gasteiger partial charge in [-0.3, -0.25) is 4.79 Å². The Bertz CT molecular complexity index is 1400. The van der Waals surface area contributed by atoms with Gasteiger partial charge in [0.25, 0.3) is 0 Å². The van der Waals surface area contributed by atoms with Gasteiger partial charge in [-0.25, -0.2) is 4.99 Å². The van der Waals surface area contributed by atoms with Crippen molar-refractivity contribution in [1.29, 1.82) is 0 Å². The molecule has 1 aliphatic carbocycles. The van der Waals surface area contributed by atoms with Crippen LogP contribution in [0.4, 0.5) is 0 Å². The third-order valence-electron chi connectivity index (χ3n) is 6.93. The number of aliphatic hydroxyl groups excluding tert-OH is 1. The first-order valence-electron chi connectivity index (χ1n) is 13.0.